The van der Waals surface area contributed by atoms with E-state index in [1.54, 1.807) is 0 Å². The lowest BCUT2D eigenvalue weighted by atomic mass is 10.0. The molecule has 0 unspecified atom stereocenters. The fourth-order valence-corrected chi connectivity index (χ4v) is 1.08. The Labute approximate surface area is 78.6 Å². The van der Waals surface area contributed by atoms with Crippen LogP contribution in [0.1, 0.15) is 20.8 Å². The van der Waals surface area contributed by atoms with Gasteiger partial charge in [-0.25, -0.2) is 0 Å². The minimum Gasteiger partial charge on any atom is -0.375 e. The molecule has 0 aliphatic heterocycles. The summed E-state index contributed by atoms with van der Waals surface area (Å²) in [5.41, 5.74) is 0. The van der Waals surface area contributed by atoms with E-state index in [0.717, 1.165) is 0 Å². The second kappa shape index (κ2) is 5.70. The number of nitrogens with one attached hydrogen (secondary N) is 1. The van der Waals surface area contributed by atoms with Gasteiger partial charge in [0, 0.05) is 7.11 Å². The van der Waals surface area contributed by atoms with Gasteiger partial charge in [0.2, 0.25) is 5.91 Å². The first-order valence-electron chi connectivity index (χ1n) is 4.27. The summed E-state index contributed by atoms with van der Waals surface area (Å²) < 4.78 is 4.64. The van der Waals surface area contributed by atoms with Gasteiger partial charge in [-0.05, 0) is 12.8 Å². The molecule has 0 saturated heterocycles. The first kappa shape index (κ1) is 12.1. The van der Waals surface area contributed by atoms with E-state index in [4.69, 9.17) is 0 Å². The van der Waals surface area contributed by atoms with E-state index >= 15 is 0 Å². The molecule has 0 fully saturated rings. The zero-order chi connectivity index (χ0) is 10.4. The van der Waals surface area contributed by atoms with Crippen LogP contribution in [0.2, 0.25) is 0 Å². The van der Waals surface area contributed by atoms with Crippen molar-refractivity contribution < 1.29 is 14.3 Å². The minimum absolute atomic E-state index is 0.00347. The van der Waals surface area contributed by atoms with E-state index in [1.165, 1.54) is 14.0 Å². The van der Waals surface area contributed by atoms with Crippen molar-refractivity contribution in [2.45, 2.75) is 26.8 Å². The first-order chi connectivity index (χ1) is 5.99. The topological polar surface area (TPSA) is 55.4 Å². The molecular weight excluding hydrogens is 170 g/mol. The maximum atomic E-state index is 11.1. The lowest BCUT2D eigenvalue weighted by Crippen LogP contribution is -2.44. The maximum Gasteiger partial charge on any atom is 0.246 e. The lowest BCUT2D eigenvalue weighted by molar-refractivity contribution is -0.130. The van der Waals surface area contributed by atoms with Crippen molar-refractivity contribution in [1.29, 1.82) is 0 Å². The SMILES string of the molecule is COCC(=O)N[C@@H](C(C)=O)C(C)C. The summed E-state index contributed by atoms with van der Waals surface area (Å²) in [6.07, 6.45) is 0. The van der Waals surface area contributed by atoms with Gasteiger partial charge in [-0.2, -0.15) is 0 Å². The Morgan fingerprint density at radius 1 is 1.38 bits per heavy atom. The highest BCUT2D eigenvalue weighted by molar-refractivity contribution is 5.88. The van der Waals surface area contributed by atoms with Crippen molar-refractivity contribution in [1.82, 2.24) is 5.32 Å². The summed E-state index contributed by atoms with van der Waals surface area (Å²) in [5, 5.41) is 2.60. The predicted molar refractivity (Wildman–Crippen MR) is 49.3 cm³/mol. The molecule has 0 aliphatic rings. The number of carbonyl (C=O) groups excluding carboxylic acids is 2. The molecule has 0 heterocycles. The normalized spacial score (nSPS) is 12.7. The highest BCUT2D eigenvalue weighted by Crippen LogP contribution is 2.02. The van der Waals surface area contributed by atoms with E-state index < -0.39 is 6.04 Å². The second-order valence-electron chi connectivity index (χ2n) is 3.33. The Morgan fingerprint density at radius 3 is 2.23 bits per heavy atom. The van der Waals surface area contributed by atoms with E-state index in [-0.39, 0.29) is 24.2 Å². The number of carbonyl (C=O) groups is 2. The van der Waals surface area contributed by atoms with Crippen molar-refractivity contribution in [2.24, 2.45) is 5.92 Å². The van der Waals surface area contributed by atoms with Gasteiger partial charge < -0.3 is 10.1 Å². The number of hydrogen-bond acceptors (Lipinski definition) is 3. The van der Waals surface area contributed by atoms with Gasteiger partial charge in [-0.1, -0.05) is 13.8 Å². The largest absolute Gasteiger partial charge is 0.375 e. The molecule has 4 nitrogen and oxygen atoms in total. The van der Waals surface area contributed by atoms with Gasteiger partial charge in [0.05, 0.1) is 6.04 Å². The van der Waals surface area contributed by atoms with Crippen LogP contribution >= 0.6 is 0 Å². The molecule has 0 aromatic rings. The van der Waals surface area contributed by atoms with Crippen molar-refractivity contribution in [2.75, 3.05) is 13.7 Å². The van der Waals surface area contributed by atoms with Crippen molar-refractivity contribution >= 4 is 11.7 Å². The third-order valence-corrected chi connectivity index (χ3v) is 1.70. The average molecular weight is 187 g/mol. The van der Waals surface area contributed by atoms with Crippen LogP contribution in [0.25, 0.3) is 0 Å². The Hall–Kier alpha value is -0.900. The summed E-state index contributed by atoms with van der Waals surface area (Å²) in [5.74, 6) is -0.172. The average Bonchev–Trinajstić information content (AvgIpc) is 1.99. The number of amides is 1. The van der Waals surface area contributed by atoms with Crippen LogP contribution in [0, 0.1) is 5.92 Å². The predicted octanol–water partition coefficient (Wildman–Crippen LogP) is 0.363. The van der Waals surface area contributed by atoms with Crippen LogP contribution in [0.15, 0.2) is 0 Å². The Kier molecular flexibility index (Phi) is 5.30. The van der Waals surface area contributed by atoms with Crippen LogP contribution in [0.4, 0.5) is 0 Å². The molecule has 0 aliphatic carbocycles. The molecule has 1 atom stereocenters. The standard InChI is InChI=1S/C9H17NO3/c1-6(2)9(7(3)11)10-8(12)5-13-4/h6,9H,5H2,1-4H3,(H,10,12)/t9-/m1/s1. The summed E-state index contributed by atoms with van der Waals surface area (Å²) in [4.78, 5) is 22.1. The van der Waals surface area contributed by atoms with Gasteiger partial charge in [0.1, 0.15) is 6.61 Å². The molecule has 0 aromatic heterocycles. The van der Waals surface area contributed by atoms with Crippen LogP contribution < -0.4 is 5.32 Å². The van der Waals surface area contributed by atoms with Gasteiger partial charge in [-0.3, -0.25) is 9.59 Å². The minimum atomic E-state index is -0.400. The maximum absolute atomic E-state index is 11.1. The molecule has 0 rings (SSSR count). The summed E-state index contributed by atoms with van der Waals surface area (Å²) in [7, 11) is 1.44. The van der Waals surface area contributed by atoms with E-state index in [2.05, 4.69) is 10.1 Å². The zero-order valence-electron chi connectivity index (χ0n) is 8.59. The summed E-state index contributed by atoms with van der Waals surface area (Å²) >= 11 is 0. The Morgan fingerprint density at radius 2 is 1.92 bits per heavy atom. The molecule has 76 valence electrons. The van der Waals surface area contributed by atoms with Gasteiger partial charge >= 0.3 is 0 Å². The molecule has 0 spiro atoms. The second-order valence-corrected chi connectivity index (χ2v) is 3.33. The fraction of sp³-hybridized carbons (Fsp3) is 0.778. The van der Waals surface area contributed by atoms with Crippen LogP contribution in [-0.4, -0.2) is 31.4 Å². The number of methoxy groups -OCH3 is 1. The van der Waals surface area contributed by atoms with Gasteiger partial charge in [-0.15, -0.1) is 0 Å². The molecule has 1 amide bonds. The number of rotatable bonds is 5. The van der Waals surface area contributed by atoms with Gasteiger partial charge in [0.15, 0.2) is 5.78 Å². The highest BCUT2D eigenvalue weighted by atomic mass is 16.5. The third kappa shape index (κ3) is 4.62. The van der Waals surface area contributed by atoms with Crippen molar-refractivity contribution in [3.05, 3.63) is 0 Å². The molecule has 1 N–H and O–H groups in total. The molecule has 0 bridgehead atoms. The molecule has 0 radical (unpaired) electrons. The Bertz CT molecular complexity index is 189. The zero-order valence-corrected chi connectivity index (χ0v) is 8.59. The van der Waals surface area contributed by atoms with Crippen LogP contribution in [-0.2, 0) is 14.3 Å². The number of hydrogen-bond donors (Lipinski definition) is 1. The monoisotopic (exact) mass is 187 g/mol. The molecule has 0 aromatic carbocycles. The lowest BCUT2D eigenvalue weighted by Gasteiger charge is -2.18. The molecule has 4 heteroatoms. The number of ether oxygens (including phenoxy) is 1. The van der Waals surface area contributed by atoms with E-state index in [1.807, 2.05) is 13.8 Å². The third-order valence-electron chi connectivity index (χ3n) is 1.70. The van der Waals surface area contributed by atoms with Crippen molar-refractivity contribution in [3.63, 3.8) is 0 Å². The van der Waals surface area contributed by atoms with Gasteiger partial charge in [0.25, 0.3) is 0 Å². The first-order valence-corrected chi connectivity index (χ1v) is 4.27. The smallest absolute Gasteiger partial charge is 0.246 e. The fourth-order valence-electron chi connectivity index (χ4n) is 1.08. The van der Waals surface area contributed by atoms with E-state index in [0.29, 0.717) is 0 Å². The summed E-state index contributed by atoms with van der Waals surface area (Å²) in [6.45, 7) is 5.24. The molecule has 13 heavy (non-hydrogen) atoms. The van der Waals surface area contributed by atoms with Crippen molar-refractivity contribution in [3.8, 4) is 0 Å². The number of ketones is 1. The van der Waals surface area contributed by atoms with Crippen LogP contribution in [0.5, 0.6) is 0 Å². The van der Waals surface area contributed by atoms with E-state index in [9.17, 15) is 9.59 Å². The highest BCUT2D eigenvalue weighted by Gasteiger charge is 2.19. The Balaban J connectivity index is 4.10. The summed E-state index contributed by atoms with van der Waals surface area (Å²) in [6, 6.07) is -0.400. The molecule has 0 saturated carbocycles. The quantitative estimate of drug-likeness (QED) is 0.676. The molecular formula is C9H17NO3. The number of Topliss-reactive ketones (excluding diaryl/α,β-unsaturated/α-hetero) is 1. The van der Waals surface area contributed by atoms with Crippen LogP contribution in [0.3, 0.4) is 0 Å².